The van der Waals surface area contributed by atoms with Crippen molar-refractivity contribution in [2.45, 2.75) is 0 Å². The largest absolute Gasteiger partial charge is 0.388 e. The van der Waals surface area contributed by atoms with Gasteiger partial charge in [-0.3, -0.25) is 0 Å². The lowest BCUT2D eigenvalue weighted by atomic mass is 10.1. The highest BCUT2D eigenvalue weighted by atomic mass is 15.0. The van der Waals surface area contributed by atoms with E-state index in [0.717, 1.165) is 10.9 Å². The van der Waals surface area contributed by atoms with E-state index < -0.39 is 0 Å². The van der Waals surface area contributed by atoms with Gasteiger partial charge in [0.05, 0.1) is 5.52 Å². The predicted molar refractivity (Wildman–Crippen MR) is 60.2 cm³/mol. The number of nitrogens with two attached hydrogens (primary N) is 1. The summed E-state index contributed by atoms with van der Waals surface area (Å²) in [6.45, 7) is 0. The minimum absolute atomic E-state index is 0.0582. The van der Waals surface area contributed by atoms with Crippen molar-refractivity contribution in [3.63, 3.8) is 0 Å². The summed E-state index contributed by atoms with van der Waals surface area (Å²) >= 11 is 0. The molecule has 5 heteroatoms. The zero-order chi connectivity index (χ0) is 11.5. The zero-order valence-electron chi connectivity index (χ0n) is 8.36. The van der Waals surface area contributed by atoms with E-state index in [2.05, 4.69) is 10.1 Å². The van der Waals surface area contributed by atoms with E-state index >= 15 is 0 Å². The van der Waals surface area contributed by atoms with Crippen LogP contribution in [0, 0.1) is 16.9 Å². The molecule has 1 aromatic carbocycles. The first-order valence-electron chi connectivity index (χ1n) is 4.61. The van der Waals surface area contributed by atoms with Crippen LogP contribution in [-0.2, 0) is 0 Å². The van der Waals surface area contributed by atoms with Crippen LogP contribution in [0.1, 0.15) is 5.56 Å². The summed E-state index contributed by atoms with van der Waals surface area (Å²) in [6, 6.07) is 9.25. The number of hydrogen-bond donors (Lipinski definition) is 3. The van der Waals surface area contributed by atoms with Gasteiger partial charge < -0.3 is 10.7 Å². The lowest BCUT2D eigenvalue weighted by Gasteiger charge is -2.03. The molecule has 0 bridgehead atoms. The Bertz CT molecular complexity index is 615. The Balaban J connectivity index is 2.77. The smallest absolute Gasteiger partial charge is 0.139 e. The number of hydrogen-bond acceptors (Lipinski definition) is 4. The molecule has 0 saturated heterocycles. The summed E-state index contributed by atoms with van der Waals surface area (Å²) in [4.78, 5) is 3.04. The maximum Gasteiger partial charge on any atom is 0.139 e. The second-order valence-electron chi connectivity index (χ2n) is 3.23. The first-order valence-corrected chi connectivity index (χ1v) is 4.61. The van der Waals surface area contributed by atoms with Crippen LogP contribution in [0.2, 0.25) is 0 Å². The summed E-state index contributed by atoms with van der Waals surface area (Å²) in [5.74, 6) is 0. The molecule has 0 amide bonds. The van der Waals surface area contributed by atoms with E-state index in [1.165, 1.54) is 0 Å². The van der Waals surface area contributed by atoms with Crippen molar-refractivity contribution in [2.24, 2.45) is 10.8 Å². The molecule has 2 rings (SSSR count). The molecule has 5 nitrogen and oxygen atoms in total. The average Bonchev–Trinajstić information content (AvgIpc) is 2.78. The van der Waals surface area contributed by atoms with Gasteiger partial charge >= 0.3 is 0 Å². The van der Waals surface area contributed by atoms with E-state index in [4.69, 9.17) is 16.5 Å². The summed E-state index contributed by atoms with van der Waals surface area (Å²) < 4.78 is 0. The first-order chi connectivity index (χ1) is 7.77. The number of nitrogens with one attached hydrogen (secondary N) is 2. The molecular formula is C11H9N5. The van der Waals surface area contributed by atoms with Gasteiger partial charge in [-0.2, -0.15) is 10.4 Å². The number of nitrogens with zero attached hydrogens (tertiary/aromatic N) is 2. The zero-order valence-corrected chi connectivity index (χ0v) is 8.36. The number of benzene rings is 1. The molecular weight excluding hydrogens is 202 g/mol. The van der Waals surface area contributed by atoms with E-state index in [-0.39, 0.29) is 11.4 Å². The normalized spacial score (nSPS) is 11.9. The Kier molecular flexibility index (Phi) is 2.40. The number of nitriles is 1. The number of H-pyrrole nitrogens is 1. The van der Waals surface area contributed by atoms with Gasteiger partial charge in [-0.1, -0.05) is 18.2 Å². The molecule has 1 heterocycles. The van der Waals surface area contributed by atoms with Gasteiger partial charge in [0.15, 0.2) is 0 Å². The standard InChI is InChI=1S/C11H9N5/c12-6-9(13)11(16-14)8-3-1-2-7-4-5-15-10(7)8/h1-5,14-15H,13H2/b11-9-,16-14?. The highest BCUT2D eigenvalue weighted by molar-refractivity contribution is 5.92. The van der Waals surface area contributed by atoms with E-state index in [1.54, 1.807) is 18.3 Å². The molecule has 78 valence electrons. The van der Waals surface area contributed by atoms with Crippen molar-refractivity contribution < 1.29 is 0 Å². The van der Waals surface area contributed by atoms with Crippen molar-refractivity contribution in [1.82, 2.24) is 4.98 Å². The Morgan fingerprint density at radius 1 is 1.44 bits per heavy atom. The fourth-order valence-electron chi connectivity index (χ4n) is 1.60. The van der Waals surface area contributed by atoms with Crippen molar-refractivity contribution in [3.8, 4) is 6.07 Å². The third-order valence-electron chi connectivity index (χ3n) is 2.33. The number of fused-ring (bicyclic) bond motifs is 1. The third-order valence-corrected chi connectivity index (χ3v) is 2.33. The van der Waals surface area contributed by atoms with Gasteiger partial charge in [0, 0.05) is 17.1 Å². The number of allylic oxidation sites excluding steroid dienone is 1. The van der Waals surface area contributed by atoms with Crippen LogP contribution in [-0.4, -0.2) is 4.98 Å². The summed E-state index contributed by atoms with van der Waals surface area (Å²) in [7, 11) is 0. The Hall–Kier alpha value is -2.61. The van der Waals surface area contributed by atoms with Crippen LogP contribution in [0.4, 0.5) is 0 Å². The van der Waals surface area contributed by atoms with Crippen molar-refractivity contribution in [2.75, 3.05) is 0 Å². The molecule has 0 saturated carbocycles. The SMILES string of the molecule is N#C/C(N)=C(/N=N)c1cccc2cc[nH]c12. The minimum Gasteiger partial charge on any atom is -0.388 e. The molecule has 2 aromatic rings. The predicted octanol–water partition coefficient (Wildman–Crippen LogP) is 2.35. The van der Waals surface area contributed by atoms with Crippen LogP contribution in [0.3, 0.4) is 0 Å². The molecule has 0 aliphatic carbocycles. The number of para-hydroxylation sites is 1. The van der Waals surface area contributed by atoms with Crippen LogP contribution < -0.4 is 5.73 Å². The van der Waals surface area contributed by atoms with Crippen LogP contribution >= 0.6 is 0 Å². The molecule has 0 aliphatic rings. The van der Waals surface area contributed by atoms with Gasteiger partial charge in [0.25, 0.3) is 0 Å². The number of aromatic amines is 1. The van der Waals surface area contributed by atoms with Crippen molar-refractivity contribution in [1.29, 1.82) is 10.8 Å². The molecule has 0 atom stereocenters. The number of rotatable bonds is 2. The fraction of sp³-hybridized carbons (Fsp3) is 0. The Morgan fingerprint density at radius 3 is 2.94 bits per heavy atom. The molecule has 0 unspecified atom stereocenters. The Morgan fingerprint density at radius 2 is 2.25 bits per heavy atom. The Labute approximate surface area is 91.7 Å². The van der Waals surface area contributed by atoms with Gasteiger partial charge in [0.1, 0.15) is 17.5 Å². The maximum absolute atomic E-state index is 8.73. The minimum atomic E-state index is -0.0582. The summed E-state index contributed by atoms with van der Waals surface area (Å²) in [6.07, 6.45) is 1.79. The van der Waals surface area contributed by atoms with Gasteiger partial charge in [-0.25, -0.2) is 5.53 Å². The molecule has 0 aliphatic heterocycles. The average molecular weight is 211 g/mol. The second kappa shape index (κ2) is 3.87. The highest BCUT2D eigenvalue weighted by Gasteiger charge is 2.10. The molecule has 16 heavy (non-hydrogen) atoms. The molecule has 0 fully saturated rings. The first kappa shape index (κ1) is 9.93. The highest BCUT2D eigenvalue weighted by Crippen LogP contribution is 2.25. The topological polar surface area (TPSA) is 102 Å². The quantitative estimate of drug-likeness (QED) is 0.524. The summed E-state index contributed by atoms with van der Waals surface area (Å²) in [5.41, 5.74) is 14.2. The maximum atomic E-state index is 8.73. The summed E-state index contributed by atoms with van der Waals surface area (Å²) in [5, 5.41) is 13.0. The van der Waals surface area contributed by atoms with Crippen molar-refractivity contribution in [3.05, 3.63) is 41.7 Å². The van der Waals surface area contributed by atoms with Crippen molar-refractivity contribution >= 4 is 16.6 Å². The lowest BCUT2D eigenvalue weighted by molar-refractivity contribution is 1.14. The van der Waals surface area contributed by atoms with E-state index in [1.807, 2.05) is 18.2 Å². The molecule has 0 radical (unpaired) electrons. The van der Waals surface area contributed by atoms with Crippen LogP contribution in [0.25, 0.3) is 16.6 Å². The van der Waals surface area contributed by atoms with Crippen LogP contribution in [0.5, 0.6) is 0 Å². The molecule has 4 N–H and O–H groups in total. The van der Waals surface area contributed by atoms with Crippen LogP contribution in [0.15, 0.2) is 41.3 Å². The van der Waals surface area contributed by atoms with Gasteiger partial charge in [0.2, 0.25) is 0 Å². The van der Waals surface area contributed by atoms with E-state index in [0.29, 0.717) is 5.56 Å². The van der Waals surface area contributed by atoms with Gasteiger partial charge in [-0.05, 0) is 6.07 Å². The fourth-order valence-corrected chi connectivity index (χ4v) is 1.60. The molecule has 0 spiro atoms. The van der Waals surface area contributed by atoms with Gasteiger partial charge in [-0.15, -0.1) is 0 Å². The lowest BCUT2D eigenvalue weighted by Crippen LogP contribution is -1.98. The second-order valence-corrected chi connectivity index (χ2v) is 3.23. The van der Waals surface area contributed by atoms with E-state index in [9.17, 15) is 0 Å². The third kappa shape index (κ3) is 1.42. The number of aromatic nitrogens is 1. The molecule has 1 aromatic heterocycles. The monoisotopic (exact) mass is 211 g/mol.